The van der Waals surface area contributed by atoms with E-state index in [0.717, 1.165) is 12.1 Å². The van der Waals surface area contributed by atoms with E-state index in [2.05, 4.69) is 47.5 Å². The van der Waals surface area contributed by atoms with Gasteiger partial charge in [0, 0.05) is 13.0 Å². The Labute approximate surface area is 118 Å². The molecule has 0 aliphatic carbocycles. The highest BCUT2D eigenvalue weighted by molar-refractivity contribution is 5.31. The van der Waals surface area contributed by atoms with E-state index in [-0.39, 0.29) is 0 Å². The molecular weight excluding hydrogens is 254 g/mol. The number of aromatic nitrogens is 2. The molecule has 1 aromatic heterocycles. The SMILES string of the molecule is Cc1ccc(Cc2noc(C3(O)CCNC3)n2)cc1C. The van der Waals surface area contributed by atoms with Crippen LogP contribution in [0.15, 0.2) is 22.7 Å². The molecule has 2 aromatic rings. The molecule has 1 aliphatic heterocycles. The van der Waals surface area contributed by atoms with Gasteiger partial charge in [-0.05, 0) is 43.5 Å². The Morgan fingerprint density at radius 3 is 2.90 bits per heavy atom. The van der Waals surface area contributed by atoms with Crippen LogP contribution in [0.1, 0.15) is 34.8 Å². The van der Waals surface area contributed by atoms with Gasteiger partial charge in [-0.3, -0.25) is 0 Å². The molecule has 0 spiro atoms. The fraction of sp³-hybridized carbons (Fsp3) is 0.467. The van der Waals surface area contributed by atoms with Gasteiger partial charge in [0.25, 0.3) is 5.89 Å². The molecule has 2 heterocycles. The first kappa shape index (κ1) is 13.3. The third-order valence-corrected chi connectivity index (χ3v) is 3.93. The molecule has 1 saturated heterocycles. The van der Waals surface area contributed by atoms with Gasteiger partial charge in [0.1, 0.15) is 0 Å². The lowest BCUT2D eigenvalue weighted by Gasteiger charge is -2.14. The molecule has 1 unspecified atom stereocenters. The van der Waals surface area contributed by atoms with Crippen molar-refractivity contribution >= 4 is 0 Å². The van der Waals surface area contributed by atoms with Crippen LogP contribution in [0.5, 0.6) is 0 Å². The smallest absolute Gasteiger partial charge is 0.259 e. The van der Waals surface area contributed by atoms with Crippen LogP contribution in [0, 0.1) is 13.8 Å². The first-order chi connectivity index (χ1) is 9.57. The number of hydrogen-bond donors (Lipinski definition) is 2. The zero-order valence-electron chi connectivity index (χ0n) is 11.8. The average Bonchev–Trinajstić information content (AvgIpc) is 3.04. The number of hydrogen-bond acceptors (Lipinski definition) is 5. The van der Waals surface area contributed by atoms with E-state index in [0.29, 0.717) is 31.1 Å². The largest absolute Gasteiger partial charge is 0.379 e. The number of aryl methyl sites for hydroxylation is 2. The second kappa shape index (κ2) is 5.00. The van der Waals surface area contributed by atoms with E-state index in [1.807, 2.05) is 0 Å². The van der Waals surface area contributed by atoms with Gasteiger partial charge in [0.15, 0.2) is 11.4 Å². The van der Waals surface area contributed by atoms with E-state index in [4.69, 9.17) is 4.52 Å². The summed E-state index contributed by atoms with van der Waals surface area (Å²) in [5.41, 5.74) is 2.67. The molecule has 20 heavy (non-hydrogen) atoms. The summed E-state index contributed by atoms with van der Waals surface area (Å²) >= 11 is 0. The summed E-state index contributed by atoms with van der Waals surface area (Å²) in [5.74, 6) is 0.935. The number of rotatable bonds is 3. The third kappa shape index (κ3) is 2.46. The third-order valence-electron chi connectivity index (χ3n) is 3.93. The highest BCUT2D eigenvalue weighted by atomic mass is 16.5. The van der Waals surface area contributed by atoms with Gasteiger partial charge in [0.05, 0.1) is 0 Å². The summed E-state index contributed by atoms with van der Waals surface area (Å²) in [6, 6.07) is 6.31. The molecule has 5 nitrogen and oxygen atoms in total. The van der Waals surface area contributed by atoms with E-state index in [1.54, 1.807) is 0 Å². The van der Waals surface area contributed by atoms with Crippen LogP contribution in [0.2, 0.25) is 0 Å². The molecular formula is C15H19N3O2. The van der Waals surface area contributed by atoms with E-state index < -0.39 is 5.60 Å². The lowest BCUT2D eigenvalue weighted by atomic mass is 10.0. The molecule has 1 atom stereocenters. The van der Waals surface area contributed by atoms with Crippen LogP contribution in [-0.4, -0.2) is 28.3 Å². The van der Waals surface area contributed by atoms with Gasteiger partial charge in [0.2, 0.25) is 0 Å². The Morgan fingerprint density at radius 2 is 2.20 bits per heavy atom. The second-order valence-corrected chi connectivity index (χ2v) is 5.57. The fourth-order valence-electron chi connectivity index (χ4n) is 2.47. The maximum Gasteiger partial charge on any atom is 0.259 e. The van der Waals surface area contributed by atoms with Crippen molar-refractivity contribution in [3.63, 3.8) is 0 Å². The molecule has 1 aliphatic rings. The number of benzene rings is 1. The second-order valence-electron chi connectivity index (χ2n) is 5.57. The van der Waals surface area contributed by atoms with Gasteiger partial charge in [-0.1, -0.05) is 23.4 Å². The quantitative estimate of drug-likeness (QED) is 0.886. The van der Waals surface area contributed by atoms with E-state index in [1.165, 1.54) is 11.1 Å². The molecule has 1 aromatic carbocycles. The van der Waals surface area contributed by atoms with Crippen molar-refractivity contribution < 1.29 is 9.63 Å². The van der Waals surface area contributed by atoms with Crippen molar-refractivity contribution in [1.82, 2.24) is 15.5 Å². The first-order valence-electron chi connectivity index (χ1n) is 6.89. The van der Waals surface area contributed by atoms with Crippen LogP contribution in [-0.2, 0) is 12.0 Å². The van der Waals surface area contributed by atoms with Gasteiger partial charge in [-0.2, -0.15) is 4.98 Å². The molecule has 0 radical (unpaired) electrons. The molecule has 106 valence electrons. The Bertz CT molecular complexity index is 615. The fourth-order valence-corrected chi connectivity index (χ4v) is 2.47. The summed E-state index contributed by atoms with van der Waals surface area (Å²) in [7, 11) is 0. The van der Waals surface area contributed by atoms with Crippen molar-refractivity contribution in [2.24, 2.45) is 0 Å². The Balaban J connectivity index is 1.78. The number of nitrogens with one attached hydrogen (secondary N) is 1. The van der Waals surface area contributed by atoms with E-state index in [9.17, 15) is 5.11 Å². The van der Waals surface area contributed by atoms with Crippen LogP contribution in [0.3, 0.4) is 0 Å². The topological polar surface area (TPSA) is 71.2 Å². The zero-order valence-corrected chi connectivity index (χ0v) is 11.8. The van der Waals surface area contributed by atoms with E-state index >= 15 is 0 Å². The summed E-state index contributed by atoms with van der Waals surface area (Å²) in [5, 5.41) is 17.4. The van der Waals surface area contributed by atoms with Gasteiger partial charge < -0.3 is 14.9 Å². The lowest BCUT2D eigenvalue weighted by Crippen LogP contribution is -2.28. The summed E-state index contributed by atoms with van der Waals surface area (Å²) < 4.78 is 5.23. The minimum atomic E-state index is -1.01. The standard InChI is InChI=1S/C15H19N3O2/c1-10-3-4-12(7-11(10)2)8-13-17-14(20-18-13)15(19)5-6-16-9-15/h3-4,7,16,19H,5-6,8-9H2,1-2H3. The minimum absolute atomic E-state index is 0.321. The van der Waals surface area contributed by atoms with Crippen molar-refractivity contribution in [1.29, 1.82) is 0 Å². The number of β-amino-alcohol motifs (C(OH)–C–C–N with tert-alkyl or cyclic N) is 1. The van der Waals surface area contributed by atoms with Crippen LogP contribution in [0.25, 0.3) is 0 Å². The maximum atomic E-state index is 10.4. The molecule has 5 heteroatoms. The highest BCUT2D eigenvalue weighted by Crippen LogP contribution is 2.26. The maximum absolute atomic E-state index is 10.4. The van der Waals surface area contributed by atoms with Gasteiger partial charge in [-0.15, -0.1) is 0 Å². The summed E-state index contributed by atoms with van der Waals surface area (Å²) in [6.07, 6.45) is 1.23. The van der Waals surface area contributed by atoms with Crippen LogP contribution < -0.4 is 5.32 Å². The van der Waals surface area contributed by atoms with Crippen LogP contribution >= 0.6 is 0 Å². The molecule has 1 fully saturated rings. The highest BCUT2D eigenvalue weighted by Gasteiger charge is 2.38. The van der Waals surface area contributed by atoms with Gasteiger partial charge >= 0.3 is 0 Å². The van der Waals surface area contributed by atoms with Crippen molar-refractivity contribution in [3.05, 3.63) is 46.6 Å². The molecule has 0 bridgehead atoms. The first-order valence-corrected chi connectivity index (χ1v) is 6.89. The van der Waals surface area contributed by atoms with Crippen LogP contribution in [0.4, 0.5) is 0 Å². The minimum Gasteiger partial charge on any atom is -0.379 e. The predicted octanol–water partition coefficient (Wildman–Crippen LogP) is 1.46. The average molecular weight is 273 g/mol. The van der Waals surface area contributed by atoms with Crippen molar-refractivity contribution in [3.8, 4) is 0 Å². The number of aliphatic hydroxyl groups is 1. The van der Waals surface area contributed by atoms with Crippen molar-refractivity contribution in [2.75, 3.05) is 13.1 Å². The van der Waals surface area contributed by atoms with Crippen molar-refractivity contribution in [2.45, 2.75) is 32.3 Å². The number of nitrogens with zero attached hydrogens (tertiary/aromatic N) is 2. The Hall–Kier alpha value is -1.72. The summed E-state index contributed by atoms with van der Waals surface area (Å²) in [6.45, 7) is 5.42. The molecule has 0 amide bonds. The summed E-state index contributed by atoms with van der Waals surface area (Å²) in [4.78, 5) is 4.34. The predicted molar refractivity (Wildman–Crippen MR) is 74.4 cm³/mol. The zero-order chi connectivity index (χ0) is 14.2. The normalized spacial score (nSPS) is 22.4. The molecule has 2 N–H and O–H groups in total. The monoisotopic (exact) mass is 273 g/mol. The Kier molecular flexibility index (Phi) is 3.31. The lowest BCUT2D eigenvalue weighted by molar-refractivity contribution is 0.0243. The molecule has 0 saturated carbocycles. The molecule has 3 rings (SSSR count). The van der Waals surface area contributed by atoms with Gasteiger partial charge in [-0.25, -0.2) is 0 Å². The Morgan fingerprint density at radius 1 is 1.35 bits per heavy atom.